The van der Waals surface area contributed by atoms with Crippen LogP contribution < -0.4 is 11.3 Å². The number of hydrazine groups is 1. The van der Waals surface area contributed by atoms with Crippen molar-refractivity contribution in [3.05, 3.63) is 47.0 Å². The third kappa shape index (κ3) is 3.01. The first kappa shape index (κ1) is 13.1. The average Bonchev–Trinajstić information content (AvgIpc) is 2.26. The highest BCUT2D eigenvalue weighted by Gasteiger charge is 2.16. The molecule has 1 unspecified atom stereocenters. The summed E-state index contributed by atoms with van der Waals surface area (Å²) in [7, 11) is 0. The van der Waals surface area contributed by atoms with E-state index in [0.717, 1.165) is 12.1 Å². The van der Waals surface area contributed by atoms with Crippen LogP contribution in [0.2, 0.25) is 5.02 Å². The lowest BCUT2D eigenvalue weighted by Crippen LogP contribution is -2.28. The Morgan fingerprint density at radius 1 is 1.44 bits per heavy atom. The number of nitrogens with two attached hydrogens (primary N) is 1. The lowest BCUT2D eigenvalue weighted by molar-refractivity contribution is 0.482. The monoisotopic (exact) mass is 246 g/mol. The van der Waals surface area contributed by atoms with Crippen LogP contribution >= 0.6 is 11.6 Å². The fourth-order valence-corrected chi connectivity index (χ4v) is 1.57. The van der Waals surface area contributed by atoms with Gasteiger partial charge in [0.1, 0.15) is 11.6 Å². The molecule has 0 spiro atoms. The van der Waals surface area contributed by atoms with Crippen molar-refractivity contribution in [1.82, 2.24) is 5.43 Å². The maximum Gasteiger partial charge on any atom is 0.142 e. The van der Waals surface area contributed by atoms with Gasteiger partial charge in [-0.25, -0.2) is 8.78 Å². The topological polar surface area (TPSA) is 38.0 Å². The van der Waals surface area contributed by atoms with Crippen molar-refractivity contribution in [3.8, 4) is 0 Å². The van der Waals surface area contributed by atoms with Gasteiger partial charge in [-0.1, -0.05) is 17.7 Å². The van der Waals surface area contributed by atoms with Crippen LogP contribution in [0.15, 0.2) is 24.8 Å². The van der Waals surface area contributed by atoms with Gasteiger partial charge in [0.05, 0.1) is 5.02 Å². The Morgan fingerprint density at radius 3 is 2.69 bits per heavy atom. The lowest BCUT2D eigenvalue weighted by Gasteiger charge is -2.16. The van der Waals surface area contributed by atoms with Crippen LogP contribution in [0.3, 0.4) is 0 Å². The maximum atomic E-state index is 13.5. The molecule has 1 atom stereocenters. The molecule has 16 heavy (non-hydrogen) atoms. The molecular formula is C11H13ClF2N2. The SMILES string of the molecule is C=CCCC(NN)c1cc(F)c(Cl)cc1F. The average molecular weight is 247 g/mol. The van der Waals surface area contributed by atoms with Crippen molar-refractivity contribution in [2.45, 2.75) is 18.9 Å². The summed E-state index contributed by atoms with van der Waals surface area (Å²) in [6, 6.07) is 1.56. The van der Waals surface area contributed by atoms with Crippen molar-refractivity contribution in [2.75, 3.05) is 0 Å². The van der Waals surface area contributed by atoms with E-state index >= 15 is 0 Å². The zero-order chi connectivity index (χ0) is 12.1. The van der Waals surface area contributed by atoms with E-state index in [4.69, 9.17) is 17.4 Å². The molecule has 3 N–H and O–H groups in total. The minimum atomic E-state index is -0.656. The molecule has 0 aliphatic rings. The molecule has 0 amide bonds. The molecule has 0 saturated heterocycles. The second-order valence-corrected chi connectivity index (χ2v) is 3.78. The molecule has 1 rings (SSSR count). The Hall–Kier alpha value is -0.970. The van der Waals surface area contributed by atoms with Gasteiger partial charge in [0, 0.05) is 11.6 Å². The number of benzene rings is 1. The molecule has 0 fully saturated rings. The largest absolute Gasteiger partial charge is 0.271 e. The fourth-order valence-electron chi connectivity index (χ4n) is 1.42. The fraction of sp³-hybridized carbons (Fsp3) is 0.273. The van der Waals surface area contributed by atoms with Gasteiger partial charge in [0.25, 0.3) is 0 Å². The number of halogens is 3. The first-order chi connectivity index (χ1) is 7.60. The second kappa shape index (κ2) is 5.94. The Bertz CT molecular complexity index is 382. The Labute approximate surface area is 98.1 Å². The van der Waals surface area contributed by atoms with Crippen LogP contribution in [0.4, 0.5) is 8.78 Å². The number of nitrogens with one attached hydrogen (secondary N) is 1. The van der Waals surface area contributed by atoms with Gasteiger partial charge in [-0.3, -0.25) is 11.3 Å². The molecule has 5 heteroatoms. The van der Waals surface area contributed by atoms with Gasteiger partial charge >= 0.3 is 0 Å². The molecular weight excluding hydrogens is 234 g/mol. The predicted octanol–water partition coefficient (Wildman–Crippen LogP) is 3.09. The van der Waals surface area contributed by atoms with Crippen LogP contribution in [0.1, 0.15) is 24.4 Å². The third-order valence-electron chi connectivity index (χ3n) is 2.28. The van der Waals surface area contributed by atoms with Crippen molar-refractivity contribution < 1.29 is 8.78 Å². The van der Waals surface area contributed by atoms with Crippen molar-refractivity contribution in [2.24, 2.45) is 5.84 Å². The molecule has 0 aliphatic heterocycles. The highest BCUT2D eigenvalue weighted by Crippen LogP contribution is 2.26. The maximum absolute atomic E-state index is 13.5. The van der Waals surface area contributed by atoms with Crippen molar-refractivity contribution in [3.63, 3.8) is 0 Å². The number of allylic oxidation sites excluding steroid dienone is 1. The Morgan fingerprint density at radius 2 is 2.12 bits per heavy atom. The highest BCUT2D eigenvalue weighted by molar-refractivity contribution is 6.30. The van der Waals surface area contributed by atoms with E-state index in [1.165, 1.54) is 0 Å². The predicted molar refractivity (Wildman–Crippen MR) is 60.9 cm³/mol. The zero-order valence-corrected chi connectivity index (χ0v) is 9.40. The third-order valence-corrected chi connectivity index (χ3v) is 2.57. The molecule has 1 aromatic carbocycles. The van der Waals surface area contributed by atoms with Crippen LogP contribution in [0.25, 0.3) is 0 Å². The molecule has 0 heterocycles. The Kier molecular flexibility index (Phi) is 4.86. The number of hydrogen-bond donors (Lipinski definition) is 2. The van der Waals surface area contributed by atoms with Crippen molar-refractivity contribution >= 4 is 11.6 Å². The molecule has 2 nitrogen and oxygen atoms in total. The smallest absolute Gasteiger partial charge is 0.142 e. The summed E-state index contributed by atoms with van der Waals surface area (Å²) in [6.45, 7) is 3.56. The van der Waals surface area contributed by atoms with Gasteiger partial charge in [0.15, 0.2) is 0 Å². The number of rotatable bonds is 5. The van der Waals surface area contributed by atoms with Crippen LogP contribution in [-0.2, 0) is 0 Å². The van der Waals surface area contributed by atoms with Crippen LogP contribution in [-0.4, -0.2) is 0 Å². The van der Waals surface area contributed by atoms with Crippen molar-refractivity contribution in [1.29, 1.82) is 0 Å². The van der Waals surface area contributed by atoms with Gasteiger partial charge in [-0.2, -0.15) is 0 Å². The Balaban J connectivity index is 2.99. The molecule has 0 aromatic heterocycles. The van der Waals surface area contributed by atoms with Gasteiger partial charge < -0.3 is 0 Å². The van der Waals surface area contributed by atoms with Gasteiger partial charge in [0.2, 0.25) is 0 Å². The molecule has 1 aromatic rings. The summed E-state index contributed by atoms with van der Waals surface area (Å²) in [5, 5.41) is -0.235. The summed E-state index contributed by atoms with van der Waals surface area (Å²) in [5.41, 5.74) is 2.62. The number of hydrogen-bond acceptors (Lipinski definition) is 2. The lowest BCUT2D eigenvalue weighted by atomic mass is 10.0. The van der Waals surface area contributed by atoms with Crippen LogP contribution in [0.5, 0.6) is 0 Å². The summed E-state index contributed by atoms with van der Waals surface area (Å²) >= 11 is 5.46. The molecule has 0 radical (unpaired) electrons. The highest BCUT2D eigenvalue weighted by atomic mass is 35.5. The van der Waals surface area contributed by atoms with E-state index < -0.39 is 17.7 Å². The van der Waals surface area contributed by atoms with Crippen LogP contribution in [0, 0.1) is 11.6 Å². The van der Waals surface area contributed by atoms with E-state index in [2.05, 4.69) is 12.0 Å². The zero-order valence-electron chi connectivity index (χ0n) is 8.64. The summed E-state index contributed by atoms with van der Waals surface area (Å²) in [6.07, 6.45) is 2.88. The van der Waals surface area contributed by atoms with E-state index in [1.807, 2.05) is 0 Å². The van der Waals surface area contributed by atoms with Gasteiger partial charge in [-0.15, -0.1) is 6.58 Å². The molecule has 88 valence electrons. The normalized spacial score (nSPS) is 12.5. The molecule has 0 aliphatic carbocycles. The minimum Gasteiger partial charge on any atom is -0.271 e. The van der Waals surface area contributed by atoms with Gasteiger partial charge in [-0.05, 0) is 25.0 Å². The van der Waals surface area contributed by atoms with E-state index in [1.54, 1.807) is 6.08 Å². The quantitative estimate of drug-likeness (QED) is 0.363. The van der Waals surface area contributed by atoms with E-state index in [0.29, 0.717) is 12.8 Å². The standard InChI is InChI=1S/C11H13ClF2N2/c1-2-3-4-11(16-15)7-5-10(14)8(12)6-9(7)13/h2,5-6,11,16H,1,3-4,15H2. The first-order valence-electron chi connectivity index (χ1n) is 4.81. The minimum absolute atomic E-state index is 0.172. The first-order valence-corrected chi connectivity index (χ1v) is 5.19. The van der Waals surface area contributed by atoms with E-state index in [-0.39, 0.29) is 10.6 Å². The molecule has 0 bridgehead atoms. The summed E-state index contributed by atoms with van der Waals surface area (Å²) in [4.78, 5) is 0. The summed E-state index contributed by atoms with van der Waals surface area (Å²) < 4.78 is 26.7. The second-order valence-electron chi connectivity index (χ2n) is 3.37. The van der Waals surface area contributed by atoms with E-state index in [9.17, 15) is 8.78 Å². The summed E-state index contributed by atoms with van der Waals surface area (Å²) in [5.74, 6) is 4.07. The molecule has 0 saturated carbocycles.